The summed E-state index contributed by atoms with van der Waals surface area (Å²) in [5.41, 5.74) is 5.11. The highest BCUT2D eigenvalue weighted by molar-refractivity contribution is 5.97. The molecule has 30 heavy (non-hydrogen) atoms. The van der Waals surface area contributed by atoms with Crippen LogP contribution in [0.3, 0.4) is 0 Å². The number of fused-ring (bicyclic) bond motifs is 1. The molecule has 0 radical (unpaired) electrons. The molecule has 0 heterocycles. The van der Waals surface area contributed by atoms with Crippen molar-refractivity contribution in [3.05, 3.63) is 70.3 Å². The van der Waals surface area contributed by atoms with Crippen molar-refractivity contribution in [3.63, 3.8) is 0 Å². The fraction of sp³-hybridized carbons (Fsp3) is 0.375. The molecule has 2 N–H and O–H groups in total. The number of hydrogen-bond acceptors (Lipinski definition) is 4. The SMILES string of the molecule is Cc1ccccc1C(=O)NCC(=O)OCC(=O)NC(C)c1ccc2c(c1)CCCC2. The zero-order valence-corrected chi connectivity index (χ0v) is 17.5. The van der Waals surface area contributed by atoms with Gasteiger partial charge in [0.05, 0.1) is 6.04 Å². The van der Waals surface area contributed by atoms with Crippen LogP contribution in [0.2, 0.25) is 0 Å². The predicted octanol–water partition coefficient (Wildman–Crippen LogP) is 3.02. The molecule has 2 aromatic rings. The first-order chi connectivity index (χ1) is 14.4. The Bertz CT molecular complexity index is 939. The monoisotopic (exact) mass is 408 g/mol. The molecule has 2 aromatic carbocycles. The number of ether oxygens (including phenoxy) is 1. The normalized spacial score (nSPS) is 13.7. The maximum atomic E-state index is 12.1. The summed E-state index contributed by atoms with van der Waals surface area (Å²) < 4.78 is 4.98. The Morgan fingerprint density at radius 2 is 1.77 bits per heavy atom. The van der Waals surface area contributed by atoms with E-state index in [2.05, 4.69) is 22.8 Å². The van der Waals surface area contributed by atoms with Crippen molar-refractivity contribution < 1.29 is 19.1 Å². The van der Waals surface area contributed by atoms with Gasteiger partial charge in [-0.25, -0.2) is 0 Å². The Labute approximate surface area is 177 Å². The first-order valence-electron chi connectivity index (χ1n) is 10.3. The number of benzene rings is 2. The van der Waals surface area contributed by atoms with Crippen LogP contribution in [0.15, 0.2) is 42.5 Å². The van der Waals surface area contributed by atoms with Gasteiger partial charge >= 0.3 is 5.97 Å². The number of aryl methyl sites for hydroxylation is 3. The van der Waals surface area contributed by atoms with Gasteiger partial charge in [0.15, 0.2) is 6.61 Å². The van der Waals surface area contributed by atoms with Crippen LogP contribution in [0.1, 0.15) is 58.4 Å². The van der Waals surface area contributed by atoms with Gasteiger partial charge in [0.1, 0.15) is 6.54 Å². The molecule has 6 nitrogen and oxygen atoms in total. The van der Waals surface area contributed by atoms with Crippen molar-refractivity contribution in [1.82, 2.24) is 10.6 Å². The lowest BCUT2D eigenvalue weighted by molar-refractivity contribution is -0.147. The Balaban J connectivity index is 1.42. The van der Waals surface area contributed by atoms with E-state index < -0.39 is 5.97 Å². The van der Waals surface area contributed by atoms with Crippen LogP contribution in [0, 0.1) is 6.92 Å². The maximum absolute atomic E-state index is 12.1. The molecular weight excluding hydrogens is 380 g/mol. The summed E-state index contributed by atoms with van der Waals surface area (Å²) in [6.45, 7) is 3.06. The molecule has 0 bridgehead atoms. The molecule has 1 aliphatic rings. The second kappa shape index (κ2) is 10.1. The highest BCUT2D eigenvalue weighted by atomic mass is 16.5. The molecule has 2 amide bonds. The van der Waals surface area contributed by atoms with Crippen LogP contribution in [0.4, 0.5) is 0 Å². The molecule has 0 fully saturated rings. The zero-order valence-electron chi connectivity index (χ0n) is 17.5. The third-order valence-electron chi connectivity index (χ3n) is 5.40. The van der Waals surface area contributed by atoms with E-state index in [-0.39, 0.29) is 31.0 Å². The van der Waals surface area contributed by atoms with E-state index in [1.54, 1.807) is 12.1 Å². The Morgan fingerprint density at radius 1 is 1.03 bits per heavy atom. The quantitative estimate of drug-likeness (QED) is 0.690. The fourth-order valence-corrected chi connectivity index (χ4v) is 3.66. The van der Waals surface area contributed by atoms with Gasteiger partial charge < -0.3 is 15.4 Å². The summed E-state index contributed by atoms with van der Waals surface area (Å²) in [5.74, 6) is -1.39. The highest BCUT2D eigenvalue weighted by Crippen LogP contribution is 2.24. The smallest absolute Gasteiger partial charge is 0.325 e. The number of hydrogen-bond donors (Lipinski definition) is 2. The van der Waals surface area contributed by atoms with Gasteiger partial charge in [0.25, 0.3) is 11.8 Å². The van der Waals surface area contributed by atoms with Crippen LogP contribution in [0.25, 0.3) is 0 Å². The third-order valence-corrected chi connectivity index (χ3v) is 5.40. The minimum atomic E-state index is -0.659. The number of amides is 2. The van der Waals surface area contributed by atoms with Gasteiger partial charge in [-0.3, -0.25) is 14.4 Å². The van der Waals surface area contributed by atoms with Crippen LogP contribution >= 0.6 is 0 Å². The average Bonchev–Trinajstić information content (AvgIpc) is 2.76. The summed E-state index contributed by atoms with van der Waals surface area (Å²) in [4.78, 5) is 36.1. The third kappa shape index (κ3) is 5.69. The van der Waals surface area contributed by atoms with E-state index in [4.69, 9.17) is 4.74 Å². The Hall–Kier alpha value is -3.15. The predicted molar refractivity (Wildman–Crippen MR) is 114 cm³/mol. The van der Waals surface area contributed by atoms with Crippen LogP contribution < -0.4 is 10.6 Å². The molecular formula is C24H28N2O4. The van der Waals surface area contributed by atoms with E-state index in [1.165, 1.54) is 24.0 Å². The molecule has 1 atom stereocenters. The van der Waals surface area contributed by atoms with Crippen molar-refractivity contribution >= 4 is 17.8 Å². The first-order valence-corrected chi connectivity index (χ1v) is 10.3. The summed E-state index contributed by atoms with van der Waals surface area (Å²) in [6.07, 6.45) is 4.63. The summed E-state index contributed by atoms with van der Waals surface area (Å²) >= 11 is 0. The second-order valence-corrected chi connectivity index (χ2v) is 7.68. The lowest BCUT2D eigenvalue weighted by atomic mass is 9.89. The number of esters is 1. The average molecular weight is 408 g/mol. The van der Waals surface area contributed by atoms with Gasteiger partial charge in [0, 0.05) is 5.56 Å². The number of carbonyl (C=O) groups is 3. The number of nitrogens with one attached hydrogen (secondary N) is 2. The summed E-state index contributed by atoms with van der Waals surface area (Å²) in [7, 11) is 0. The molecule has 0 saturated heterocycles. The Morgan fingerprint density at radius 3 is 2.53 bits per heavy atom. The molecule has 1 aliphatic carbocycles. The second-order valence-electron chi connectivity index (χ2n) is 7.68. The van der Waals surface area contributed by atoms with E-state index in [1.807, 2.05) is 32.0 Å². The van der Waals surface area contributed by atoms with Gasteiger partial charge in [0.2, 0.25) is 0 Å². The van der Waals surface area contributed by atoms with E-state index in [0.29, 0.717) is 5.56 Å². The highest BCUT2D eigenvalue weighted by Gasteiger charge is 2.16. The van der Waals surface area contributed by atoms with Crippen molar-refractivity contribution in [1.29, 1.82) is 0 Å². The minimum Gasteiger partial charge on any atom is -0.454 e. The minimum absolute atomic E-state index is 0.177. The van der Waals surface area contributed by atoms with E-state index in [0.717, 1.165) is 24.0 Å². The zero-order chi connectivity index (χ0) is 21.5. The summed E-state index contributed by atoms with van der Waals surface area (Å²) in [5, 5.41) is 5.37. The van der Waals surface area contributed by atoms with Crippen molar-refractivity contribution in [2.24, 2.45) is 0 Å². The number of rotatable bonds is 7. The standard InChI is InChI=1S/C24H28N2O4/c1-16-7-3-6-10-21(16)24(29)25-14-23(28)30-15-22(27)26-17(2)19-12-11-18-8-4-5-9-20(18)13-19/h3,6-7,10-13,17H,4-5,8-9,14-15H2,1-2H3,(H,25,29)(H,26,27). The molecule has 1 unspecified atom stereocenters. The molecule has 0 aliphatic heterocycles. The topological polar surface area (TPSA) is 84.5 Å². The number of carbonyl (C=O) groups excluding carboxylic acids is 3. The van der Waals surface area contributed by atoms with Crippen LogP contribution in [0.5, 0.6) is 0 Å². The molecule has 6 heteroatoms. The van der Waals surface area contributed by atoms with Crippen molar-refractivity contribution in [2.45, 2.75) is 45.6 Å². The van der Waals surface area contributed by atoms with E-state index in [9.17, 15) is 14.4 Å². The summed E-state index contributed by atoms with van der Waals surface area (Å²) in [6, 6.07) is 13.3. The molecule has 0 saturated carbocycles. The Kier molecular flexibility index (Phi) is 7.22. The van der Waals surface area contributed by atoms with Gasteiger partial charge in [-0.15, -0.1) is 0 Å². The molecule has 3 rings (SSSR count). The fourth-order valence-electron chi connectivity index (χ4n) is 3.66. The van der Waals surface area contributed by atoms with Gasteiger partial charge in [-0.2, -0.15) is 0 Å². The van der Waals surface area contributed by atoms with Gasteiger partial charge in [-0.05, 0) is 67.9 Å². The van der Waals surface area contributed by atoms with Crippen molar-refractivity contribution in [3.8, 4) is 0 Å². The van der Waals surface area contributed by atoms with Crippen LogP contribution in [-0.4, -0.2) is 30.9 Å². The molecule has 0 spiro atoms. The van der Waals surface area contributed by atoms with E-state index >= 15 is 0 Å². The first kappa shape index (κ1) is 21.6. The molecule has 158 valence electrons. The van der Waals surface area contributed by atoms with Gasteiger partial charge in [-0.1, -0.05) is 36.4 Å². The van der Waals surface area contributed by atoms with Crippen molar-refractivity contribution in [2.75, 3.05) is 13.2 Å². The lowest BCUT2D eigenvalue weighted by Crippen LogP contribution is -2.35. The maximum Gasteiger partial charge on any atom is 0.325 e. The van der Waals surface area contributed by atoms with Crippen LogP contribution in [-0.2, 0) is 27.2 Å². The molecule has 0 aromatic heterocycles. The lowest BCUT2D eigenvalue weighted by Gasteiger charge is -2.20. The largest absolute Gasteiger partial charge is 0.454 e.